The number of thiazole rings is 1. The zero-order valence-electron chi connectivity index (χ0n) is 16.9. The van der Waals surface area contributed by atoms with Crippen molar-refractivity contribution in [3.8, 4) is 23.3 Å². The second-order valence-electron chi connectivity index (χ2n) is 6.25. The van der Waals surface area contributed by atoms with Gasteiger partial charge in [0.15, 0.2) is 5.13 Å². The summed E-state index contributed by atoms with van der Waals surface area (Å²) in [4.78, 5) is 29.1. The number of urea groups is 2. The SMILES string of the molecule is N#Cc1cc2c(Oc3ccc(NC(=O)Nc4nccs4)cc3)ccnc2cc1O.NC(N)=O. The Morgan fingerprint density at radius 3 is 2.42 bits per heavy atom. The van der Waals surface area contributed by atoms with Crippen LogP contribution in [0.5, 0.6) is 17.2 Å². The molecule has 0 bridgehead atoms. The number of anilines is 2. The smallest absolute Gasteiger partial charge is 0.325 e. The maximum absolute atomic E-state index is 11.9. The minimum atomic E-state index is -0.833. The number of phenolic OH excluding ortho intramolecular Hbond substituents is 1. The third-order valence-corrected chi connectivity index (χ3v) is 4.62. The summed E-state index contributed by atoms with van der Waals surface area (Å²) in [7, 11) is 0. The van der Waals surface area contributed by atoms with Crippen LogP contribution in [0.4, 0.5) is 20.4 Å². The summed E-state index contributed by atoms with van der Waals surface area (Å²) in [5.74, 6) is 0.903. The first-order valence-corrected chi connectivity index (χ1v) is 10.1. The molecule has 0 saturated carbocycles. The average Bonchev–Trinajstić information content (AvgIpc) is 3.27. The molecule has 4 rings (SSSR count). The molecule has 4 aromatic rings. The van der Waals surface area contributed by atoms with E-state index in [4.69, 9.17) is 14.8 Å². The standard InChI is InChI=1S/C20H13N5O3S.CH4N2O/c21-11-12-9-15-16(10-17(12)26)22-6-5-18(15)28-14-3-1-13(2-4-14)24-19(27)25-20-23-7-8-29-20;2-1(3)4/h1-10,26H,(H2,23,24,25,27);(H4,2,3,4). The minimum Gasteiger partial charge on any atom is -0.506 e. The molecule has 2 aromatic heterocycles. The molecule has 2 aromatic carbocycles. The summed E-state index contributed by atoms with van der Waals surface area (Å²) in [5, 5.41) is 27.2. The fraction of sp³-hybridized carbons (Fsp3) is 0. The molecule has 0 unspecified atom stereocenters. The van der Waals surface area contributed by atoms with Crippen LogP contribution in [0.2, 0.25) is 0 Å². The number of aromatic hydroxyl groups is 1. The van der Waals surface area contributed by atoms with Crippen molar-refractivity contribution in [2.75, 3.05) is 10.6 Å². The lowest BCUT2D eigenvalue weighted by molar-refractivity contribution is 0.256. The monoisotopic (exact) mass is 463 g/mol. The van der Waals surface area contributed by atoms with Gasteiger partial charge in [-0.2, -0.15) is 5.26 Å². The van der Waals surface area contributed by atoms with Gasteiger partial charge in [-0.25, -0.2) is 14.6 Å². The molecule has 4 amide bonds. The number of benzene rings is 2. The second-order valence-corrected chi connectivity index (χ2v) is 7.15. The third kappa shape index (κ3) is 6.29. The molecule has 0 aliphatic carbocycles. The molecule has 0 spiro atoms. The highest BCUT2D eigenvalue weighted by Crippen LogP contribution is 2.32. The number of hydrogen-bond donors (Lipinski definition) is 5. The van der Waals surface area contributed by atoms with Crippen molar-refractivity contribution in [1.29, 1.82) is 5.26 Å². The van der Waals surface area contributed by atoms with Gasteiger partial charge in [0, 0.05) is 34.9 Å². The van der Waals surface area contributed by atoms with Crippen molar-refractivity contribution >= 4 is 45.1 Å². The van der Waals surface area contributed by atoms with Crippen LogP contribution in [0.15, 0.2) is 60.2 Å². The number of pyridine rings is 1. The number of aromatic nitrogens is 2. The lowest BCUT2D eigenvalue weighted by Gasteiger charge is -2.10. The van der Waals surface area contributed by atoms with Gasteiger partial charge in [-0.1, -0.05) is 0 Å². The quantitative estimate of drug-likeness (QED) is 0.304. The number of carbonyl (C=O) groups is 2. The van der Waals surface area contributed by atoms with Crippen LogP contribution in [-0.4, -0.2) is 27.1 Å². The lowest BCUT2D eigenvalue weighted by Crippen LogP contribution is -2.19. The van der Waals surface area contributed by atoms with Gasteiger partial charge in [-0.05, 0) is 36.4 Å². The predicted octanol–water partition coefficient (Wildman–Crippen LogP) is 3.73. The second kappa shape index (κ2) is 10.4. The fourth-order valence-corrected chi connectivity index (χ4v) is 3.14. The number of primary amides is 2. The largest absolute Gasteiger partial charge is 0.506 e. The van der Waals surface area contributed by atoms with Gasteiger partial charge >= 0.3 is 12.1 Å². The third-order valence-electron chi connectivity index (χ3n) is 3.93. The maximum atomic E-state index is 11.9. The van der Waals surface area contributed by atoms with Crippen molar-refractivity contribution < 1.29 is 19.4 Å². The Labute approximate surface area is 191 Å². The van der Waals surface area contributed by atoms with Crippen LogP contribution in [0.1, 0.15) is 5.56 Å². The highest BCUT2D eigenvalue weighted by molar-refractivity contribution is 7.13. The summed E-state index contributed by atoms with van der Waals surface area (Å²) < 4.78 is 5.91. The van der Waals surface area contributed by atoms with Crippen LogP contribution >= 0.6 is 11.3 Å². The molecule has 12 heteroatoms. The fourth-order valence-electron chi connectivity index (χ4n) is 2.61. The van der Waals surface area contributed by atoms with Crippen molar-refractivity contribution in [3.05, 3.63) is 65.8 Å². The zero-order valence-corrected chi connectivity index (χ0v) is 17.7. The predicted molar refractivity (Wildman–Crippen MR) is 123 cm³/mol. The molecule has 7 N–H and O–H groups in total. The molecular formula is C21H17N7O4S. The van der Waals surface area contributed by atoms with E-state index < -0.39 is 12.1 Å². The molecule has 0 aliphatic rings. The number of ether oxygens (including phenoxy) is 1. The summed E-state index contributed by atoms with van der Waals surface area (Å²) in [6, 6.07) is 12.2. The van der Waals surface area contributed by atoms with E-state index in [1.807, 2.05) is 6.07 Å². The summed E-state index contributed by atoms with van der Waals surface area (Å²) in [6.45, 7) is 0. The van der Waals surface area contributed by atoms with Crippen molar-refractivity contribution in [2.45, 2.75) is 0 Å². The van der Waals surface area contributed by atoms with Crippen molar-refractivity contribution in [1.82, 2.24) is 9.97 Å². The first kappa shape index (κ1) is 22.8. The van der Waals surface area contributed by atoms with Crippen molar-refractivity contribution in [2.24, 2.45) is 11.5 Å². The van der Waals surface area contributed by atoms with Crippen LogP contribution < -0.4 is 26.8 Å². The highest BCUT2D eigenvalue weighted by atomic mass is 32.1. The number of amides is 4. The number of nitrogens with one attached hydrogen (secondary N) is 2. The molecule has 11 nitrogen and oxygen atoms in total. The van der Waals surface area contributed by atoms with Gasteiger partial charge in [-0.15, -0.1) is 11.3 Å². The van der Waals surface area contributed by atoms with E-state index in [1.54, 1.807) is 48.1 Å². The summed E-state index contributed by atoms with van der Waals surface area (Å²) >= 11 is 1.33. The first-order valence-electron chi connectivity index (χ1n) is 9.18. The van der Waals surface area contributed by atoms with Crippen LogP contribution in [0, 0.1) is 11.3 Å². The Morgan fingerprint density at radius 2 is 1.79 bits per heavy atom. The summed E-state index contributed by atoms with van der Waals surface area (Å²) in [6.07, 6.45) is 3.16. The van der Waals surface area contributed by atoms with Gasteiger partial charge in [-0.3, -0.25) is 10.3 Å². The van der Waals surface area contributed by atoms with Crippen LogP contribution in [0.25, 0.3) is 10.9 Å². The number of fused-ring (bicyclic) bond motifs is 1. The number of nitrogens with zero attached hydrogens (tertiary/aromatic N) is 3. The number of carbonyl (C=O) groups excluding carboxylic acids is 2. The summed E-state index contributed by atoms with van der Waals surface area (Å²) in [5.41, 5.74) is 9.74. The molecule has 166 valence electrons. The van der Waals surface area contributed by atoms with Gasteiger partial charge in [0.1, 0.15) is 23.3 Å². The maximum Gasteiger partial charge on any atom is 0.325 e. The average molecular weight is 463 g/mol. The number of nitrogens with two attached hydrogens (primary N) is 2. The Bertz CT molecular complexity index is 1320. The Balaban J connectivity index is 0.000000709. The lowest BCUT2D eigenvalue weighted by atomic mass is 10.1. The molecule has 0 aliphatic heterocycles. The minimum absolute atomic E-state index is 0.129. The van der Waals surface area contributed by atoms with E-state index in [2.05, 4.69) is 32.1 Å². The van der Waals surface area contributed by atoms with Gasteiger partial charge in [0.25, 0.3) is 0 Å². The van der Waals surface area contributed by atoms with Gasteiger partial charge < -0.3 is 26.6 Å². The van der Waals surface area contributed by atoms with Crippen LogP contribution in [-0.2, 0) is 0 Å². The van der Waals surface area contributed by atoms with E-state index in [0.29, 0.717) is 33.2 Å². The number of rotatable bonds is 4. The Morgan fingerprint density at radius 1 is 1.06 bits per heavy atom. The molecule has 2 heterocycles. The van der Waals surface area contributed by atoms with Gasteiger partial charge in [0.2, 0.25) is 0 Å². The van der Waals surface area contributed by atoms with Gasteiger partial charge in [0.05, 0.1) is 11.1 Å². The molecular weight excluding hydrogens is 446 g/mol. The van der Waals surface area contributed by atoms with Crippen molar-refractivity contribution in [3.63, 3.8) is 0 Å². The number of hydrogen-bond acceptors (Lipinski definition) is 8. The molecule has 0 atom stereocenters. The molecule has 33 heavy (non-hydrogen) atoms. The number of nitriles is 1. The van der Waals surface area contributed by atoms with E-state index in [9.17, 15) is 9.90 Å². The van der Waals surface area contributed by atoms with E-state index in [-0.39, 0.29) is 11.3 Å². The topological polar surface area (TPSA) is 189 Å². The van der Waals surface area contributed by atoms with E-state index in [0.717, 1.165) is 0 Å². The molecule has 0 saturated heterocycles. The first-order chi connectivity index (χ1) is 15.9. The zero-order chi connectivity index (χ0) is 23.8. The molecule has 0 fully saturated rings. The van der Waals surface area contributed by atoms with Crippen LogP contribution in [0.3, 0.4) is 0 Å². The Kier molecular flexibility index (Phi) is 7.20. The highest BCUT2D eigenvalue weighted by Gasteiger charge is 2.10. The Hall–Kier alpha value is -4.89. The number of phenols is 1. The molecule has 0 radical (unpaired) electrons. The normalized spacial score (nSPS) is 9.79. The van der Waals surface area contributed by atoms with E-state index >= 15 is 0 Å². The van der Waals surface area contributed by atoms with E-state index in [1.165, 1.54) is 23.5 Å².